The van der Waals surface area contributed by atoms with Crippen LogP contribution in [0.25, 0.3) is 0 Å². The molecule has 4 nitrogen and oxygen atoms in total. The van der Waals surface area contributed by atoms with Gasteiger partial charge in [0.2, 0.25) is 5.91 Å². The van der Waals surface area contributed by atoms with Crippen LogP contribution in [0.2, 0.25) is 0 Å². The molecule has 94 valence electrons. The summed E-state index contributed by atoms with van der Waals surface area (Å²) in [5.74, 6) is -0.0960. The van der Waals surface area contributed by atoms with Gasteiger partial charge in [0.05, 0.1) is 17.6 Å². The van der Waals surface area contributed by atoms with E-state index in [1.807, 2.05) is 6.07 Å². The summed E-state index contributed by atoms with van der Waals surface area (Å²) in [7, 11) is 0. The summed E-state index contributed by atoms with van der Waals surface area (Å²) in [6.45, 7) is 0. The number of anilines is 1. The normalized spacial score (nSPS) is 23.1. The Balaban J connectivity index is 1.99. The molecule has 1 fully saturated rings. The molecule has 1 aromatic rings. The van der Waals surface area contributed by atoms with Crippen molar-refractivity contribution in [3.05, 3.63) is 29.8 Å². The first kappa shape index (κ1) is 12.6. The average molecular weight is 243 g/mol. The minimum atomic E-state index is -0.0885. The molecule has 2 atom stereocenters. The molecule has 0 radical (unpaired) electrons. The lowest BCUT2D eigenvalue weighted by Gasteiger charge is -2.27. The minimum absolute atomic E-state index is 0.00749. The monoisotopic (exact) mass is 243 g/mol. The molecule has 2 rings (SSSR count). The smallest absolute Gasteiger partial charge is 0.229 e. The predicted octanol–water partition coefficient (Wildman–Crippen LogP) is 2.01. The van der Waals surface area contributed by atoms with Crippen molar-refractivity contribution in [2.24, 2.45) is 11.7 Å². The van der Waals surface area contributed by atoms with Crippen molar-refractivity contribution in [3.63, 3.8) is 0 Å². The van der Waals surface area contributed by atoms with Gasteiger partial charge in [-0.2, -0.15) is 5.26 Å². The van der Waals surface area contributed by atoms with Crippen molar-refractivity contribution >= 4 is 11.6 Å². The van der Waals surface area contributed by atoms with E-state index in [4.69, 9.17) is 11.0 Å². The summed E-state index contributed by atoms with van der Waals surface area (Å²) < 4.78 is 0. The van der Waals surface area contributed by atoms with E-state index in [2.05, 4.69) is 5.32 Å². The van der Waals surface area contributed by atoms with Crippen molar-refractivity contribution < 1.29 is 4.79 Å². The number of nitriles is 1. The van der Waals surface area contributed by atoms with Crippen LogP contribution in [0.5, 0.6) is 0 Å². The molecule has 0 bridgehead atoms. The van der Waals surface area contributed by atoms with Crippen LogP contribution in [0, 0.1) is 17.2 Å². The molecule has 0 aliphatic heterocycles. The molecule has 1 aliphatic carbocycles. The predicted molar refractivity (Wildman–Crippen MR) is 69.7 cm³/mol. The molecule has 1 aromatic carbocycles. The number of hydrogen-bond acceptors (Lipinski definition) is 3. The van der Waals surface area contributed by atoms with Gasteiger partial charge in [-0.25, -0.2) is 0 Å². The van der Waals surface area contributed by atoms with E-state index in [0.717, 1.165) is 31.4 Å². The van der Waals surface area contributed by atoms with E-state index < -0.39 is 0 Å². The van der Waals surface area contributed by atoms with E-state index in [0.29, 0.717) is 5.56 Å². The first-order valence-corrected chi connectivity index (χ1v) is 6.27. The van der Waals surface area contributed by atoms with Crippen LogP contribution in [0.3, 0.4) is 0 Å². The zero-order valence-corrected chi connectivity index (χ0v) is 10.2. The van der Waals surface area contributed by atoms with Gasteiger partial charge in [0.25, 0.3) is 0 Å². The number of nitrogens with zero attached hydrogens (tertiary/aromatic N) is 1. The fourth-order valence-electron chi connectivity index (χ4n) is 2.35. The number of carbonyl (C=O) groups is 1. The highest BCUT2D eigenvalue weighted by molar-refractivity contribution is 5.93. The van der Waals surface area contributed by atoms with Gasteiger partial charge in [0, 0.05) is 11.7 Å². The van der Waals surface area contributed by atoms with Crippen LogP contribution >= 0.6 is 0 Å². The summed E-state index contributed by atoms with van der Waals surface area (Å²) >= 11 is 0. The summed E-state index contributed by atoms with van der Waals surface area (Å²) in [6.07, 6.45) is 3.97. The van der Waals surface area contributed by atoms with Crippen molar-refractivity contribution in [1.82, 2.24) is 0 Å². The Labute approximate surface area is 107 Å². The molecule has 1 aliphatic rings. The Morgan fingerprint density at radius 2 is 1.94 bits per heavy atom. The van der Waals surface area contributed by atoms with Gasteiger partial charge in [-0.1, -0.05) is 12.8 Å². The molecule has 3 N–H and O–H groups in total. The first-order valence-electron chi connectivity index (χ1n) is 6.27. The van der Waals surface area contributed by atoms with Crippen molar-refractivity contribution in [2.75, 3.05) is 5.32 Å². The molecule has 0 saturated heterocycles. The Morgan fingerprint density at radius 3 is 2.56 bits per heavy atom. The van der Waals surface area contributed by atoms with Crippen LogP contribution in [-0.4, -0.2) is 11.9 Å². The maximum atomic E-state index is 12.1. The quantitative estimate of drug-likeness (QED) is 0.834. The van der Waals surface area contributed by atoms with E-state index >= 15 is 0 Å². The fraction of sp³-hybridized carbons (Fsp3) is 0.429. The number of nitrogens with two attached hydrogens (primary N) is 1. The summed E-state index contributed by atoms with van der Waals surface area (Å²) in [5, 5.41) is 11.6. The van der Waals surface area contributed by atoms with Gasteiger partial charge < -0.3 is 11.1 Å². The second-order valence-corrected chi connectivity index (χ2v) is 4.73. The number of amides is 1. The average Bonchev–Trinajstić information content (AvgIpc) is 2.40. The van der Waals surface area contributed by atoms with Gasteiger partial charge >= 0.3 is 0 Å². The van der Waals surface area contributed by atoms with Gasteiger partial charge in [-0.05, 0) is 37.1 Å². The maximum absolute atomic E-state index is 12.1. The molecule has 2 unspecified atom stereocenters. The molecule has 18 heavy (non-hydrogen) atoms. The van der Waals surface area contributed by atoms with E-state index in [9.17, 15) is 4.79 Å². The number of rotatable bonds is 2. The van der Waals surface area contributed by atoms with Crippen LogP contribution in [0.4, 0.5) is 5.69 Å². The third-order valence-electron chi connectivity index (χ3n) is 3.44. The molecular weight excluding hydrogens is 226 g/mol. The molecule has 0 aromatic heterocycles. The SMILES string of the molecule is N#Cc1ccc(NC(=O)C2CCCCC2N)cc1. The highest BCUT2D eigenvalue weighted by atomic mass is 16.1. The van der Waals surface area contributed by atoms with Crippen molar-refractivity contribution in [2.45, 2.75) is 31.7 Å². The lowest BCUT2D eigenvalue weighted by molar-refractivity contribution is -0.121. The molecule has 0 spiro atoms. The van der Waals surface area contributed by atoms with Crippen molar-refractivity contribution in [1.29, 1.82) is 5.26 Å². The Bertz CT molecular complexity index is 461. The molecule has 4 heteroatoms. The number of carbonyl (C=O) groups excluding carboxylic acids is 1. The lowest BCUT2D eigenvalue weighted by atomic mass is 9.84. The fourth-order valence-corrected chi connectivity index (χ4v) is 2.35. The van der Waals surface area contributed by atoms with Gasteiger partial charge in [-0.3, -0.25) is 4.79 Å². The first-order chi connectivity index (χ1) is 8.70. The van der Waals surface area contributed by atoms with E-state index in [1.165, 1.54) is 0 Å². The van der Waals surface area contributed by atoms with Crippen LogP contribution < -0.4 is 11.1 Å². The van der Waals surface area contributed by atoms with Crippen molar-refractivity contribution in [3.8, 4) is 6.07 Å². The standard InChI is InChI=1S/C14H17N3O/c15-9-10-5-7-11(8-6-10)17-14(18)12-3-1-2-4-13(12)16/h5-8,12-13H,1-4,16H2,(H,17,18). The van der Waals surface area contributed by atoms with Gasteiger partial charge in [-0.15, -0.1) is 0 Å². The maximum Gasteiger partial charge on any atom is 0.229 e. The lowest BCUT2D eigenvalue weighted by Crippen LogP contribution is -2.40. The third-order valence-corrected chi connectivity index (χ3v) is 3.44. The highest BCUT2D eigenvalue weighted by Gasteiger charge is 2.28. The molecule has 1 saturated carbocycles. The third kappa shape index (κ3) is 2.88. The molecular formula is C14H17N3O. The topological polar surface area (TPSA) is 78.9 Å². The Kier molecular flexibility index (Phi) is 3.96. The van der Waals surface area contributed by atoms with Crippen LogP contribution in [0.1, 0.15) is 31.2 Å². The number of hydrogen-bond donors (Lipinski definition) is 2. The van der Waals surface area contributed by atoms with Crippen LogP contribution in [0.15, 0.2) is 24.3 Å². The molecule has 1 amide bonds. The largest absolute Gasteiger partial charge is 0.327 e. The van der Waals surface area contributed by atoms with Gasteiger partial charge in [0.15, 0.2) is 0 Å². The van der Waals surface area contributed by atoms with E-state index in [1.54, 1.807) is 24.3 Å². The number of nitrogens with one attached hydrogen (secondary N) is 1. The van der Waals surface area contributed by atoms with E-state index in [-0.39, 0.29) is 17.9 Å². The second-order valence-electron chi connectivity index (χ2n) is 4.73. The zero-order chi connectivity index (χ0) is 13.0. The summed E-state index contributed by atoms with van der Waals surface area (Å²) in [5.41, 5.74) is 7.28. The Morgan fingerprint density at radius 1 is 1.28 bits per heavy atom. The Hall–Kier alpha value is -1.86. The minimum Gasteiger partial charge on any atom is -0.327 e. The zero-order valence-electron chi connectivity index (χ0n) is 10.2. The van der Waals surface area contributed by atoms with Crippen LogP contribution in [-0.2, 0) is 4.79 Å². The molecule has 0 heterocycles. The highest BCUT2D eigenvalue weighted by Crippen LogP contribution is 2.24. The summed E-state index contributed by atoms with van der Waals surface area (Å²) in [6, 6.07) is 8.88. The van der Waals surface area contributed by atoms with Gasteiger partial charge in [0.1, 0.15) is 0 Å². The number of benzene rings is 1. The summed E-state index contributed by atoms with van der Waals surface area (Å²) in [4.78, 5) is 12.1. The second kappa shape index (κ2) is 5.65.